The van der Waals surface area contributed by atoms with E-state index >= 15 is 0 Å². The van der Waals surface area contributed by atoms with E-state index in [1.807, 2.05) is 6.92 Å². The number of morpholine rings is 1. The second-order valence-electron chi connectivity index (χ2n) is 6.92. The van der Waals surface area contributed by atoms with Gasteiger partial charge in [0, 0.05) is 31.4 Å². The normalized spacial score (nSPS) is 22.9. The molecule has 24 heavy (non-hydrogen) atoms. The van der Waals surface area contributed by atoms with Crippen molar-refractivity contribution >= 4 is 17.5 Å². The molecule has 1 unspecified atom stereocenters. The van der Waals surface area contributed by atoms with Crippen LogP contribution in [0.1, 0.15) is 45.1 Å². The van der Waals surface area contributed by atoms with Crippen LogP contribution in [-0.2, 0) is 9.53 Å². The fourth-order valence-electron chi connectivity index (χ4n) is 3.90. The average molecular weight is 355 g/mol. The van der Waals surface area contributed by atoms with Gasteiger partial charge < -0.3 is 10.1 Å². The van der Waals surface area contributed by atoms with Crippen molar-refractivity contribution in [3.05, 3.63) is 17.4 Å². The Morgan fingerprint density at radius 1 is 1.38 bits per heavy atom. The molecule has 1 aliphatic heterocycles. The molecule has 2 aliphatic rings. The van der Waals surface area contributed by atoms with Crippen LogP contribution in [0.2, 0.25) is 5.02 Å². The molecule has 1 atom stereocenters. The van der Waals surface area contributed by atoms with Crippen molar-refractivity contribution in [2.24, 2.45) is 0 Å². The Labute approximate surface area is 148 Å². The third kappa shape index (κ3) is 3.92. The van der Waals surface area contributed by atoms with Crippen LogP contribution in [0, 0.1) is 0 Å². The molecule has 2 fully saturated rings. The zero-order chi connectivity index (χ0) is 17.0. The number of nitrogens with one attached hydrogen (secondary N) is 1. The maximum Gasteiger partial charge on any atom is 0.244 e. The van der Waals surface area contributed by atoms with Gasteiger partial charge in [-0.25, -0.2) is 0 Å². The van der Waals surface area contributed by atoms with Gasteiger partial charge in [0.15, 0.2) is 0 Å². The van der Waals surface area contributed by atoms with Gasteiger partial charge in [-0.3, -0.25) is 14.4 Å². The SMILES string of the molecule is CC(C(=O)NCC1(N2CCOCC2)CCCCC1)n1cc(Cl)cn1. The zero-order valence-corrected chi connectivity index (χ0v) is 15.1. The van der Waals surface area contributed by atoms with E-state index in [0.717, 1.165) is 39.1 Å². The largest absolute Gasteiger partial charge is 0.379 e. The van der Waals surface area contributed by atoms with Crippen molar-refractivity contribution in [3.8, 4) is 0 Å². The summed E-state index contributed by atoms with van der Waals surface area (Å²) in [6.07, 6.45) is 9.30. The van der Waals surface area contributed by atoms with E-state index in [4.69, 9.17) is 16.3 Å². The smallest absolute Gasteiger partial charge is 0.244 e. The van der Waals surface area contributed by atoms with E-state index in [-0.39, 0.29) is 17.5 Å². The molecule has 1 aromatic heterocycles. The first kappa shape index (κ1) is 17.7. The van der Waals surface area contributed by atoms with Gasteiger partial charge >= 0.3 is 0 Å². The molecule has 1 amide bonds. The van der Waals surface area contributed by atoms with Crippen LogP contribution in [0.5, 0.6) is 0 Å². The molecule has 0 aromatic carbocycles. The van der Waals surface area contributed by atoms with Crippen LogP contribution in [-0.4, -0.2) is 59.0 Å². The van der Waals surface area contributed by atoms with Gasteiger partial charge in [0.2, 0.25) is 5.91 Å². The highest BCUT2D eigenvalue weighted by atomic mass is 35.5. The van der Waals surface area contributed by atoms with E-state index < -0.39 is 0 Å². The Hall–Kier alpha value is -1.11. The van der Waals surface area contributed by atoms with Gasteiger partial charge in [-0.1, -0.05) is 30.9 Å². The number of ether oxygens (including phenoxy) is 1. The maximum absolute atomic E-state index is 12.6. The molecule has 1 aromatic rings. The summed E-state index contributed by atoms with van der Waals surface area (Å²) in [5.41, 5.74) is 0.0825. The van der Waals surface area contributed by atoms with E-state index in [9.17, 15) is 4.79 Å². The molecule has 1 saturated heterocycles. The molecule has 0 spiro atoms. The summed E-state index contributed by atoms with van der Waals surface area (Å²) in [6.45, 7) is 6.04. The van der Waals surface area contributed by atoms with Crippen molar-refractivity contribution in [1.29, 1.82) is 0 Å². The topological polar surface area (TPSA) is 59.4 Å². The minimum absolute atomic E-state index is 0.00651. The first-order valence-electron chi connectivity index (χ1n) is 8.91. The van der Waals surface area contributed by atoms with Crippen molar-refractivity contribution in [3.63, 3.8) is 0 Å². The lowest BCUT2D eigenvalue weighted by Crippen LogP contribution is -2.60. The fourth-order valence-corrected chi connectivity index (χ4v) is 4.04. The summed E-state index contributed by atoms with van der Waals surface area (Å²) in [6, 6.07) is -0.358. The molecular formula is C17H27ClN4O2. The van der Waals surface area contributed by atoms with E-state index in [0.29, 0.717) is 11.6 Å². The molecule has 2 heterocycles. The Balaban J connectivity index is 1.63. The lowest BCUT2D eigenvalue weighted by Gasteiger charge is -2.48. The van der Waals surface area contributed by atoms with Crippen molar-refractivity contribution < 1.29 is 9.53 Å². The highest BCUT2D eigenvalue weighted by molar-refractivity contribution is 6.30. The van der Waals surface area contributed by atoms with Crippen molar-refractivity contribution in [2.75, 3.05) is 32.8 Å². The molecule has 1 saturated carbocycles. The predicted molar refractivity (Wildman–Crippen MR) is 93.2 cm³/mol. The van der Waals surface area contributed by atoms with Gasteiger partial charge in [0.05, 0.1) is 24.4 Å². The molecule has 7 heteroatoms. The van der Waals surface area contributed by atoms with Crippen molar-refractivity contribution in [1.82, 2.24) is 20.0 Å². The Morgan fingerprint density at radius 2 is 2.08 bits per heavy atom. The van der Waals surface area contributed by atoms with Crippen molar-refractivity contribution in [2.45, 2.75) is 50.6 Å². The summed E-state index contributed by atoms with van der Waals surface area (Å²) < 4.78 is 7.12. The molecule has 1 N–H and O–H groups in total. The maximum atomic E-state index is 12.6. The van der Waals surface area contributed by atoms with Gasteiger partial charge in [0.1, 0.15) is 6.04 Å². The standard InChI is InChI=1S/C17H27ClN4O2/c1-14(22-12-15(18)11-20-22)16(23)19-13-17(5-3-2-4-6-17)21-7-9-24-10-8-21/h11-12,14H,2-10,13H2,1H3,(H,19,23). The molecule has 6 nitrogen and oxygen atoms in total. The third-order valence-electron chi connectivity index (χ3n) is 5.40. The molecule has 3 rings (SSSR count). The molecule has 0 bridgehead atoms. The Kier molecular flexibility index (Phi) is 5.79. The van der Waals surface area contributed by atoms with Crippen LogP contribution in [0.25, 0.3) is 0 Å². The number of carbonyl (C=O) groups is 1. The van der Waals surface area contributed by atoms with Crippen LogP contribution in [0.15, 0.2) is 12.4 Å². The summed E-state index contributed by atoms with van der Waals surface area (Å²) in [4.78, 5) is 15.1. The molecule has 0 radical (unpaired) electrons. The second-order valence-corrected chi connectivity index (χ2v) is 7.35. The number of halogens is 1. The average Bonchev–Trinajstić information content (AvgIpc) is 3.07. The first-order valence-corrected chi connectivity index (χ1v) is 9.29. The van der Waals surface area contributed by atoms with Gasteiger partial charge in [-0.05, 0) is 19.8 Å². The monoisotopic (exact) mass is 354 g/mol. The van der Waals surface area contributed by atoms with Crippen LogP contribution < -0.4 is 5.32 Å². The Morgan fingerprint density at radius 3 is 2.71 bits per heavy atom. The number of hydrogen-bond acceptors (Lipinski definition) is 4. The van der Waals surface area contributed by atoms with E-state index in [1.165, 1.54) is 19.3 Å². The van der Waals surface area contributed by atoms with Gasteiger partial charge in [-0.2, -0.15) is 5.10 Å². The van der Waals surface area contributed by atoms with Crippen LogP contribution in [0.4, 0.5) is 0 Å². The van der Waals surface area contributed by atoms with Crippen LogP contribution >= 0.6 is 11.6 Å². The highest BCUT2D eigenvalue weighted by Gasteiger charge is 2.39. The second kappa shape index (κ2) is 7.85. The fraction of sp³-hybridized carbons (Fsp3) is 0.765. The van der Waals surface area contributed by atoms with Crippen LogP contribution in [0.3, 0.4) is 0 Å². The highest BCUT2D eigenvalue weighted by Crippen LogP contribution is 2.34. The zero-order valence-electron chi connectivity index (χ0n) is 14.3. The number of carbonyl (C=O) groups excluding carboxylic acids is 1. The quantitative estimate of drug-likeness (QED) is 0.881. The Bertz CT molecular complexity index is 551. The minimum atomic E-state index is -0.358. The third-order valence-corrected chi connectivity index (χ3v) is 5.60. The van der Waals surface area contributed by atoms with Gasteiger partial charge in [-0.15, -0.1) is 0 Å². The lowest BCUT2D eigenvalue weighted by atomic mass is 9.79. The first-order chi connectivity index (χ1) is 11.6. The molecular weight excluding hydrogens is 328 g/mol. The summed E-state index contributed by atoms with van der Waals surface area (Å²) in [5, 5.41) is 7.86. The van der Waals surface area contributed by atoms with Gasteiger partial charge in [0.25, 0.3) is 0 Å². The number of hydrogen-bond donors (Lipinski definition) is 1. The predicted octanol–water partition coefficient (Wildman–Crippen LogP) is 2.25. The van der Waals surface area contributed by atoms with E-state index in [1.54, 1.807) is 17.1 Å². The molecule has 1 aliphatic carbocycles. The number of aromatic nitrogens is 2. The van der Waals surface area contributed by atoms with E-state index in [2.05, 4.69) is 15.3 Å². The molecule has 134 valence electrons. The number of rotatable bonds is 5. The number of amides is 1. The number of nitrogens with zero attached hydrogens (tertiary/aromatic N) is 3. The summed E-state index contributed by atoms with van der Waals surface area (Å²) in [5.74, 6) is -0.00651. The minimum Gasteiger partial charge on any atom is -0.379 e. The summed E-state index contributed by atoms with van der Waals surface area (Å²) in [7, 11) is 0. The lowest BCUT2D eigenvalue weighted by molar-refractivity contribution is -0.125. The summed E-state index contributed by atoms with van der Waals surface area (Å²) >= 11 is 5.90.